The third kappa shape index (κ3) is 6.56. The van der Waals surface area contributed by atoms with Crippen LogP contribution in [0.25, 0.3) is 0 Å². The first-order valence-electron chi connectivity index (χ1n) is 8.35. The molecule has 5 heteroatoms. The zero-order valence-corrected chi connectivity index (χ0v) is 16.1. The van der Waals surface area contributed by atoms with Crippen molar-refractivity contribution in [3.8, 4) is 0 Å². The van der Waals surface area contributed by atoms with Crippen molar-refractivity contribution in [3.05, 3.63) is 35.4 Å². The second-order valence-corrected chi connectivity index (χ2v) is 7.41. The predicted molar refractivity (Wildman–Crippen MR) is 100 cm³/mol. The lowest BCUT2D eigenvalue weighted by Crippen LogP contribution is -2.43. The number of carbonyl (C=O) groups excluding carboxylic acids is 2. The van der Waals surface area contributed by atoms with Gasteiger partial charge in [-0.25, -0.2) is 4.79 Å². The van der Waals surface area contributed by atoms with E-state index >= 15 is 0 Å². The van der Waals surface area contributed by atoms with E-state index in [1.165, 1.54) is 12.7 Å². The van der Waals surface area contributed by atoms with Crippen LogP contribution in [0.2, 0.25) is 0 Å². The Morgan fingerprint density at radius 2 is 1.79 bits per heavy atom. The summed E-state index contributed by atoms with van der Waals surface area (Å²) in [6, 6.07) is 7.56. The van der Waals surface area contributed by atoms with Crippen LogP contribution >= 0.6 is 11.8 Å². The van der Waals surface area contributed by atoms with Gasteiger partial charge in [0.2, 0.25) is 5.91 Å². The van der Waals surface area contributed by atoms with Crippen molar-refractivity contribution in [1.29, 1.82) is 0 Å². The van der Waals surface area contributed by atoms with Crippen molar-refractivity contribution >= 4 is 23.6 Å². The molecule has 1 rings (SSSR count). The molecule has 2 atom stereocenters. The number of hydrogen-bond acceptors (Lipinski definition) is 4. The Balaban J connectivity index is 2.72. The maximum atomic E-state index is 12.5. The summed E-state index contributed by atoms with van der Waals surface area (Å²) in [6.45, 7) is 6.23. The van der Waals surface area contributed by atoms with Gasteiger partial charge in [0.25, 0.3) is 0 Å². The number of nitrogens with one attached hydrogen (secondary N) is 1. The first-order valence-corrected chi connectivity index (χ1v) is 9.74. The number of carbonyl (C=O) groups is 2. The van der Waals surface area contributed by atoms with E-state index in [-0.39, 0.29) is 11.8 Å². The van der Waals surface area contributed by atoms with Gasteiger partial charge in [0.05, 0.1) is 13.0 Å². The summed E-state index contributed by atoms with van der Waals surface area (Å²) in [5, 5.41) is 2.82. The molecule has 1 amide bonds. The minimum atomic E-state index is -0.586. The molecule has 1 N–H and O–H groups in total. The Morgan fingerprint density at radius 1 is 1.17 bits per heavy atom. The standard InChI is InChI=1S/C19H29NO3S/c1-13(2)12-15-6-8-16(9-7-15)14(3)18(21)20-17(10-11-24-5)19(22)23-4/h6-9,13-14,17H,10-12H2,1-5H3,(H,20,21)/t14?,17-/m0/s1. The van der Waals surface area contributed by atoms with Crippen LogP contribution in [0.15, 0.2) is 24.3 Å². The van der Waals surface area contributed by atoms with Crippen LogP contribution in [0.3, 0.4) is 0 Å². The molecule has 134 valence electrons. The van der Waals surface area contributed by atoms with E-state index in [1.807, 2.05) is 25.3 Å². The summed E-state index contributed by atoms with van der Waals surface area (Å²) >= 11 is 1.64. The lowest BCUT2D eigenvalue weighted by atomic mass is 9.96. The third-order valence-electron chi connectivity index (χ3n) is 3.93. The lowest BCUT2D eigenvalue weighted by Gasteiger charge is -2.19. The molecule has 4 nitrogen and oxygen atoms in total. The summed E-state index contributed by atoms with van der Waals surface area (Å²) in [5.41, 5.74) is 2.22. The van der Waals surface area contributed by atoms with Crippen LogP contribution in [0.1, 0.15) is 44.2 Å². The van der Waals surface area contributed by atoms with E-state index in [0.717, 1.165) is 17.7 Å². The number of hydrogen-bond donors (Lipinski definition) is 1. The maximum absolute atomic E-state index is 12.5. The van der Waals surface area contributed by atoms with Crippen LogP contribution in [0.4, 0.5) is 0 Å². The summed E-state index contributed by atoms with van der Waals surface area (Å²) in [4.78, 5) is 24.3. The van der Waals surface area contributed by atoms with Crippen molar-refractivity contribution in [3.63, 3.8) is 0 Å². The zero-order chi connectivity index (χ0) is 18.1. The summed E-state index contributed by atoms with van der Waals surface area (Å²) < 4.78 is 4.79. The molecule has 0 radical (unpaired) electrons. The normalized spacial score (nSPS) is 13.4. The van der Waals surface area contributed by atoms with Crippen LogP contribution < -0.4 is 5.32 Å². The highest BCUT2D eigenvalue weighted by molar-refractivity contribution is 7.98. The minimum absolute atomic E-state index is 0.150. The van der Waals surface area contributed by atoms with Gasteiger partial charge in [0.1, 0.15) is 6.04 Å². The van der Waals surface area contributed by atoms with Crippen LogP contribution in [0.5, 0.6) is 0 Å². The molecule has 0 fully saturated rings. The van der Waals surface area contributed by atoms with Crippen molar-refractivity contribution in [2.45, 2.75) is 45.6 Å². The van der Waals surface area contributed by atoms with E-state index in [4.69, 9.17) is 4.74 Å². The molecule has 1 unspecified atom stereocenters. The van der Waals surface area contributed by atoms with Gasteiger partial charge < -0.3 is 10.1 Å². The number of ether oxygens (including phenoxy) is 1. The Morgan fingerprint density at radius 3 is 2.29 bits per heavy atom. The second-order valence-electron chi connectivity index (χ2n) is 6.43. The van der Waals surface area contributed by atoms with Crippen molar-refractivity contribution in [2.24, 2.45) is 5.92 Å². The number of methoxy groups -OCH3 is 1. The molecular formula is C19H29NO3S. The van der Waals surface area contributed by atoms with E-state index < -0.39 is 12.0 Å². The van der Waals surface area contributed by atoms with E-state index in [2.05, 4.69) is 31.3 Å². The second kappa shape index (κ2) is 10.4. The van der Waals surface area contributed by atoms with Crippen molar-refractivity contribution < 1.29 is 14.3 Å². The summed E-state index contributed by atoms with van der Waals surface area (Å²) in [5.74, 6) is 0.548. The summed E-state index contributed by atoms with van der Waals surface area (Å²) in [6.07, 6.45) is 3.57. The molecule has 0 aliphatic carbocycles. The van der Waals surface area contributed by atoms with Crippen LogP contribution in [-0.4, -0.2) is 37.0 Å². The van der Waals surface area contributed by atoms with E-state index in [1.54, 1.807) is 11.8 Å². The van der Waals surface area contributed by atoms with Gasteiger partial charge in [-0.3, -0.25) is 4.79 Å². The molecule has 0 aliphatic heterocycles. The van der Waals surface area contributed by atoms with Gasteiger partial charge >= 0.3 is 5.97 Å². The average Bonchev–Trinajstić information content (AvgIpc) is 2.57. The molecule has 0 aliphatic rings. The molecule has 24 heavy (non-hydrogen) atoms. The zero-order valence-electron chi connectivity index (χ0n) is 15.3. The van der Waals surface area contributed by atoms with Gasteiger partial charge in [0.15, 0.2) is 0 Å². The van der Waals surface area contributed by atoms with Crippen LogP contribution in [0, 0.1) is 5.92 Å². The minimum Gasteiger partial charge on any atom is -0.467 e. The highest BCUT2D eigenvalue weighted by Crippen LogP contribution is 2.18. The van der Waals surface area contributed by atoms with Gasteiger partial charge in [-0.1, -0.05) is 38.1 Å². The fourth-order valence-electron chi connectivity index (χ4n) is 2.49. The molecule has 1 aromatic carbocycles. The lowest BCUT2D eigenvalue weighted by molar-refractivity contribution is -0.145. The van der Waals surface area contributed by atoms with Gasteiger partial charge in [-0.05, 0) is 48.8 Å². The molecule has 0 saturated carbocycles. The number of thioether (sulfide) groups is 1. The highest BCUT2D eigenvalue weighted by atomic mass is 32.2. The number of benzene rings is 1. The topological polar surface area (TPSA) is 55.4 Å². The fraction of sp³-hybridized carbons (Fsp3) is 0.579. The maximum Gasteiger partial charge on any atom is 0.328 e. The van der Waals surface area contributed by atoms with Crippen molar-refractivity contribution in [2.75, 3.05) is 19.1 Å². The molecule has 1 aromatic rings. The van der Waals surface area contributed by atoms with E-state index in [9.17, 15) is 9.59 Å². The quantitative estimate of drug-likeness (QED) is 0.693. The summed E-state index contributed by atoms with van der Waals surface area (Å²) in [7, 11) is 1.34. The monoisotopic (exact) mass is 351 g/mol. The number of esters is 1. The van der Waals surface area contributed by atoms with E-state index in [0.29, 0.717) is 12.3 Å². The largest absolute Gasteiger partial charge is 0.467 e. The van der Waals surface area contributed by atoms with Crippen LogP contribution in [-0.2, 0) is 20.7 Å². The molecule has 0 bridgehead atoms. The first-order chi connectivity index (χ1) is 11.4. The van der Waals surface area contributed by atoms with Crippen molar-refractivity contribution in [1.82, 2.24) is 5.32 Å². The number of amides is 1. The molecule has 0 spiro atoms. The highest BCUT2D eigenvalue weighted by Gasteiger charge is 2.24. The molecule has 0 aromatic heterocycles. The SMILES string of the molecule is COC(=O)[C@H](CCSC)NC(=O)C(C)c1ccc(CC(C)C)cc1. The Bertz CT molecular complexity index is 528. The fourth-order valence-corrected chi connectivity index (χ4v) is 2.96. The smallest absolute Gasteiger partial charge is 0.328 e. The molecule has 0 heterocycles. The predicted octanol–water partition coefficient (Wildman–Crippen LogP) is 3.40. The first kappa shape index (κ1) is 20.6. The van der Waals surface area contributed by atoms with Gasteiger partial charge in [-0.15, -0.1) is 0 Å². The molecular weight excluding hydrogens is 322 g/mol. The number of rotatable bonds is 9. The Labute approximate surface area is 149 Å². The molecule has 0 saturated heterocycles. The third-order valence-corrected chi connectivity index (χ3v) is 4.57. The average molecular weight is 352 g/mol. The Hall–Kier alpha value is -1.49. The van der Waals surface area contributed by atoms with Gasteiger partial charge in [-0.2, -0.15) is 11.8 Å². The van der Waals surface area contributed by atoms with Gasteiger partial charge in [0, 0.05) is 0 Å². The Kier molecular flexibility index (Phi) is 8.90.